The van der Waals surface area contributed by atoms with Crippen molar-refractivity contribution in [2.24, 2.45) is 0 Å². The molecule has 0 saturated carbocycles. The van der Waals surface area contributed by atoms with Crippen molar-refractivity contribution in [3.63, 3.8) is 0 Å². The number of carbonyl (C=O) groups excluding carboxylic acids is 2. The highest BCUT2D eigenvalue weighted by Crippen LogP contribution is 2.35. The number of ether oxygens (including phenoxy) is 2. The second kappa shape index (κ2) is 8.97. The molecule has 1 amide bonds. The lowest BCUT2D eigenvalue weighted by Crippen LogP contribution is -2.54. The van der Waals surface area contributed by atoms with Gasteiger partial charge < -0.3 is 9.47 Å². The summed E-state index contributed by atoms with van der Waals surface area (Å²) in [6, 6.07) is 9.54. The first-order chi connectivity index (χ1) is 11.6. The maximum absolute atomic E-state index is 12.6. The Bertz CT molecular complexity index is 551. The Labute approximate surface area is 147 Å². The number of benzene rings is 1. The Morgan fingerprint density at radius 1 is 1.25 bits per heavy atom. The molecule has 0 aromatic heterocycles. The molecule has 0 N–H and O–H groups in total. The fraction of sp³-hybridized carbons (Fsp3) is 0.556. The minimum Gasteiger partial charge on any atom is -0.464 e. The number of hydrogen-bond acceptors (Lipinski definition) is 5. The zero-order chi connectivity index (χ0) is 17.4. The van der Waals surface area contributed by atoms with E-state index >= 15 is 0 Å². The highest BCUT2D eigenvalue weighted by Gasteiger charge is 2.51. The van der Waals surface area contributed by atoms with Gasteiger partial charge in [-0.3, -0.25) is 4.90 Å². The van der Waals surface area contributed by atoms with E-state index in [1.807, 2.05) is 36.6 Å². The third-order valence-corrected chi connectivity index (χ3v) is 4.90. The average molecular weight is 351 g/mol. The molecular weight excluding hydrogens is 326 g/mol. The fourth-order valence-corrected chi connectivity index (χ4v) is 3.59. The summed E-state index contributed by atoms with van der Waals surface area (Å²) in [7, 11) is 0. The Kier molecular flexibility index (Phi) is 6.97. The summed E-state index contributed by atoms with van der Waals surface area (Å²) in [6.07, 6.45) is 3.56. The SMILES string of the molecule is CCOC(=O)[C@@]1(CCSC)CCCN1C(=O)OCc1ccccc1. The van der Waals surface area contributed by atoms with Crippen LogP contribution in [-0.4, -0.2) is 47.7 Å². The summed E-state index contributed by atoms with van der Waals surface area (Å²) in [4.78, 5) is 26.8. The molecule has 132 valence electrons. The summed E-state index contributed by atoms with van der Waals surface area (Å²) < 4.78 is 10.7. The van der Waals surface area contributed by atoms with Crippen LogP contribution in [-0.2, 0) is 20.9 Å². The normalized spacial score (nSPS) is 20.0. The van der Waals surface area contributed by atoms with E-state index in [1.165, 1.54) is 0 Å². The highest BCUT2D eigenvalue weighted by atomic mass is 32.2. The topological polar surface area (TPSA) is 55.8 Å². The standard InChI is InChI=1S/C18H25NO4S/c1-3-22-16(20)18(11-13-24-2)10-7-12-19(18)17(21)23-14-15-8-5-4-6-9-15/h4-6,8-9H,3,7,10-14H2,1-2H3/t18-/m0/s1. The van der Waals surface area contributed by atoms with E-state index in [-0.39, 0.29) is 12.6 Å². The smallest absolute Gasteiger partial charge is 0.411 e. The molecule has 0 unspecified atom stereocenters. The highest BCUT2D eigenvalue weighted by molar-refractivity contribution is 7.98. The van der Waals surface area contributed by atoms with E-state index in [4.69, 9.17) is 9.47 Å². The van der Waals surface area contributed by atoms with E-state index in [2.05, 4.69) is 0 Å². The largest absolute Gasteiger partial charge is 0.464 e. The number of rotatable bonds is 7. The van der Waals surface area contributed by atoms with Gasteiger partial charge in [-0.1, -0.05) is 30.3 Å². The van der Waals surface area contributed by atoms with Gasteiger partial charge in [0, 0.05) is 6.54 Å². The molecule has 0 aliphatic carbocycles. The lowest BCUT2D eigenvalue weighted by Gasteiger charge is -2.35. The van der Waals surface area contributed by atoms with Crippen LogP contribution >= 0.6 is 11.8 Å². The van der Waals surface area contributed by atoms with Gasteiger partial charge in [0.2, 0.25) is 0 Å². The summed E-state index contributed by atoms with van der Waals surface area (Å²) in [5.74, 6) is 0.481. The molecule has 1 aliphatic heterocycles. The Morgan fingerprint density at radius 2 is 2.00 bits per heavy atom. The van der Waals surface area contributed by atoms with Gasteiger partial charge in [-0.2, -0.15) is 11.8 Å². The number of amides is 1. The molecule has 0 bridgehead atoms. The van der Waals surface area contributed by atoms with Gasteiger partial charge in [0.25, 0.3) is 0 Å². The van der Waals surface area contributed by atoms with Crippen LogP contribution in [0.4, 0.5) is 4.79 Å². The monoisotopic (exact) mass is 351 g/mol. The number of thioether (sulfide) groups is 1. The molecule has 6 heteroatoms. The molecule has 1 aliphatic rings. The van der Waals surface area contributed by atoms with Crippen molar-refractivity contribution in [2.75, 3.05) is 25.2 Å². The van der Waals surface area contributed by atoms with Crippen molar-refractivity contribution in [1.82, 2.24) is 4.90 Å². The fourth-order valence-electron chi connectivity index (χ4n) is 3.05. The minimum absolute atomic E-state index is 0.206. The Morgan fingerprint density at radius 3 is 2.67 bits per heavy atom. The molecule has 2 rings (SSSR count). The van der Waals surface area contributed by atoms with Crippen molar-refractivity contribution < 1.29 is 19.1 Å². The van der Waals surface area contributed by atoms with Gasteiger partial charge in [0.05, 0.1) is 6.61 Å². The molecule has 1 fully saturated rings. The Balaban J connectivity index is 2.09. The lowest BCUT2D eigenvalue weighted by atomic mass is 9.93. The molecule has 0 spiro atoms. The van der Waals surface area contributed by atoms with Crippen LogP contribution < -0.4 is 0 Å². The number of hydrogen-bond donors (Lipinski definition) is 0. The third kappa shape index (κ3) is 4.23. The van der Waals surface area contributed by atoms with E-state index in [9.17, 15) is 9.59 Å². The number of carbonyl (C=O) groups is 2. The van der Waals surface area contributed by atoms with Crippen LogP contribution in [0.2, 0.25) is 0 Å². The van der Waals surface area contributed by atoms with E-state index < -0.39 is 11.6 Å². The number of nitrogens with zero attached hydrogens (tertiary/aromatic N) is 1. The van der Waals surface area contributed by atoms with Gasteiger partial charge >= 0.3 is 12.1 Å². The molecule has 1 aromatic carbocycles. The summed E-state index contributed by atoms with van der Waals surface area (Å²) >= 11 is 1.66. The lowest BCUT2D eigenvalue weighted by molar-refractivity contribution is -0.155. The third-order valence-electron chi connectivity index (χ3n) is 4.29. The van der Waals surface area contributed by atoms with Gasteiger partial charge in [-0.15, -0.1) is 0 Å². The summed E-state index contributed by atoms with van der Waals surface area (Å²) in [5.41, 5.74) is 0.0446. The number of likely N-dealkylation sites (tertiary alicyclic amines) is 1. The molecule has 24 heavy (non-hydrogen) atoms. The van der Waals surface area contributed by atoms with Crippen LogP contribution in [0.25, 0.3) is 0 Å². The first kappa shape index (κ1) is 18.6. The second-order valence-corrected chi connectivity index (χ2v) is 6.78. The van der Waals surface area contributed by atoms with Crippen LogP contribution in [0.15, 0.2) is 30.3 Å². The van der Waals surface area contributed by atoms with Crippen LogP contribution in [0.3, 0.4) is 0 Å². The van der Waals surface area contributed by atoms with E-state index in [0.29, 0.717) is 26.0 Å². The van der Waals surface area contributed by atoms with Crippen molar-refractivity contribution in [3.8, 4) is 0 Å². The second-order valence-electron chi connectivity index (χ2n) is 5.79. The van der Waals surface area contributed by atoms with Crippen molar-refractivity contribution in [2.45, 2.75) is 38.3 Å². The van der Waals surface area contributed by atoms with Gasteiger partial charge in [-0.25, -0.2) is 9.59 Å². The zero-order valence-electron chi connectivity index (χ0n) is 14.3. The van der Waals surface area contributed by atoms with Crippen molar-refractivity contribution >= 4 is 23.8 Å². The molecule has 1 saturated heterocycles. The minimum atomic E-state index is -0.882. The van der Waals surface area contributed by atoms with Crippen LogP contribution in [0.1, 0.15) is 31.7 Å². The van der Waals surface area contributed by atoms with E-state index in [0.717, 1.165) is 17.7 Å². The van der Waals surface area contributed by atoms with Gasteiger partial charge in [0.1, 0.15) is 12.1 Å². The molecule has 1 aromatic rings. The molecule has 0 radical (unpaired) electrons. The van der Waals surface area contributed by atoms with Gasteiger partial charge in [0.15, 0.2) is 0 Å². The van der Waals surface area contributed by atoms with Crippen LogP contribution in [0, 0.1) is 0 Å². The summed E-state index contributed by atoms with van der Waals surface area (Å²) in [5, 5.41) is 0. The maximum Gasteiger partial charge on any atom is 0.411 e. The van der Waals surface area contributed by atoms with Crippen molar-refractivity contribution in [1.29, 1.82) is 0 Å². The Hall–Kier alpha value is -1.69. The molecule has 1 atom stereocenters. The quantitative estimate of drug-likeness (QED) is 0.704. The molecule has 5 nitrogen and oxygen atoms in total. The predicted molar refractivity (Wildman–Crippen MR) is 94.9 cm³/mol. The maximum atomic E-state index is 12.6. The van der Waals surface area contributed by atoms with Gasteiger partial charge in [-0.05, 0) is 43.8 Å². The van der Waals surface area contributed by atoms with Crippen molar-refractivity contribution in [3.05, 3.63) is 35.9 Å². The number of esters is 1. The molecule has 1 heterocycles. The van der Waals surface area contributed by atoms with Crippen LogP contribution in [0.5, 0.6) is 0 Å². The average Bonchev–Trinajstić information content (AvgIpc) is 3.04. The predicted octanol–water partition coefficient (Wildman–Crippen LogP) is 3.47. The first-order valence-corrected chi connectivity index (χ1v) is 9.68. The summed E-state index contributed by atoms with van der Waals surface area (Å²) in [6.45, 7) is 2.83. The molecular formula is C18H25NO4S. The zero-order valence-corrected chi connectivity index (χ0v) is 15.1. The first-order valence-electron chi connectivity index (χ1n) is 8.28. The van der Waals surface area contributed by atoms with E-state index in [1.54, 1.807) is 23.6 Å².